The highest BCUT2D eigenvalue weighted by Gasteiger charge is 2.15. The Bertz CT molecular complexity index is 998. The fraction of sp³-hybridized carbons (Fsp3) is 0.150. The SMILES string of the molecule is Cc1cc(NC(=O)CSC2=Nc3ccccc3CS2)n(-c2ccccc2)n1. The molecule has 0 aliphatic carbocycles. The van der Waals surface area contributed by atoms with E-state index in [-0.39, 0.29) is 5.91 Å². The van der Waals surface area contributed by atoms with Crippen molar-refractivity contribution >= 4 is 45.3 Å². The first kappa shape index (κ1) is 17.9. The van der Waals surface area contributed by atoms with Gasteiger partial charge in [-0.3, -0.25) is 4.79 Å². The minimum atomic E-state index is -0.0701. The molecule has 0 saturated heterocycles. The standard InChI is InChI=1S/C20H18N4OS2/c1-14-11-18(24(23-14)16-8-3-2-4-9-16)22-19(25)13-27-20-21-17-10-6-5-7-15(17)12-26-20/h2-11H,12-13H2,1H3,(H,22,25). The molecule has 4 rings (SSSR count). The van der Waals surface area contributed by atoms with Crippen molar-refractivity contribution in [3.63, 3.8) is 0 Å². The number of benzene rings is 2. The van der Waals surface area contributed by atoms with Gasteiger partial charge in [-0.2, -0.15) is 5.10 Å². The van der Waals surface area contributed by atoms with Gasteiger partial charge in [0.1, 0.15) is 10.2 Å². The Balaban J connectivity index is 1.42. The molecule has 2 aromatic carbocycles. The molecule has 7 heteroatoms. The van der Waals surface area contributed by atoms with Crippen LogP contribution in [0.15, 0.2) is 65.7 Å². The molecule has 0 saturated carbocycles. The summed E-state index contributed by atoms with van der Waals surface area (Å²) >= 11 is 3.14. The minimum absolute atomic E-state index is 0.0701. The van der Waals surface area contributed by atoms with Crippen molar-refractivity contribution in [1.29, 1.82) is 0 Å². The van der Waals surface area contributed by atoms with Gasteiger partial charge in [-0.1, -0.05) is 59.9 Å². The largest absolute Gasteiger partial charge is 0.310 e. The van der Waals surface area contributed by atoms with Crippen LogP contribution in [-0.4, -0.2) is 25.8 Å². The zero-order chi connectivity index (χ0) is 18.6. The van der Waals surface area contributed by atoms with Crippen molar-refractivity contribution in [2.24, 2.45) is 4.99 Å². The second kappa shape index (κ2) is 8.02. The third kappa shape index (κ3) is 4.26. The van der Waals surface area contributed by atoms with Crippen LogP contribution in [-0.2, 0) is 10.5 Å². The number of amides is 1. The lowest BCUT2D eigenvalue weighted by atomic mass is 10.2. The van der Waals surface area contributed by atoms with Crippen molar-refractivity contribution < 1.29 is 4.79 Å². The van der Waals surface area contributed by atoms with E-state index in [1.54, 1.807) is 16.4 Å². The van der Waals surface area contributed by atoms with Crippen LogP contribution >= 0.6 is 23.5 Å². The normalized spacial score (nSPS) is 13.0. The third-order valence-electron chi connectivity index (χ3n) is 3.98. The van der Waals surface area contributed by atoms with E-state index in [1.807, 2.05) is 61.5 Å². The number of hydrogen-bond donors (Lipinski definition) is 1. The number of aryl methyl sites for hydroxylation is 1. The molecule has 2 heterocycles. The zero-order valence-electron chi connectivity index (χ0n) is 14.8. The maximum atomic E-state index is 12.5. The van der Waals surface area contributed by atoms with Crippen LogP contribution < -0.4 is 5.32 Å². The molecule has 0 fully saturated rings. The van der Waals surface area contributed by atoms with E-state index in [9.17, 15) is 4.79 Å². The average Bonchev–Trinajstić information content (AvgIpc) is 3.07. The summed E-state index contributed by atoms with van der Waals surface area (Å²) in [6, 6.07) is 19.8. The summed E-state index contributed by atoms with van der Waals surface area (Å²) in [5, 5.41) is 7.44. The molecule has 0 spiro atoms. The van der Waals surface area contributed by atoms with Crippen LogP contribution in [0, 0.1) is 6.92 Å². The van der Waals surface area contributed by atoms with E-state index < -0.39 is 0 Å². The number of aliphatic imine (C=N–C) groups is 1. The topological polar surface area (TPSA) is 59.3 Å². The average molecular weight is 395 g/mol. The number of rotatable bonds is 4. The maximum absolute atomic E-state index is 12.5. The van der Waals surface area contributed by atoms with E-state index in [4.69, 9.17) is 0 Å². The van der Waals surface area contributed by atoms with E-state index in [2.05, 4.69) is 21.5 Å². The molecule has 3 aromatic rings. The Morgan fingerprint density at radius 3 is 2.81 bits per heavy atom. The number of anilines is 1. The highest BCUT2D eigenvalue weighted by atomic mass is 32.2. The molecular weight excluding hydrogens is 376 g/mol. The number of carbonyl (C=O) groups is 1. The smallest absolute Gasteiger partial charge is 0.235 e. The van der Waals surface area contributed by atoms with Crippen molar-refractivity contribution in [2.45, 2.75) is 12.7 Å². The van der Waals surface area contributed by atoms with Gasteiger partial charge in [0.15, 0.2) is 0 Å². The Hall–Kier alpha value is -2.51. The predicted octanol–water partition coefficient (Wildman–Crippen LogP) is 4.79. The molecule has 27 heavy (non-hydrogen) atoms. The number of carbonyl (C=O) groups excluding carboxylic acids is 1. The molecule has 0 unspecified atom stereocenters. The van der Waals surface area contributed by atoms with Crippen LogP contribution in [0.1, 0.15) is 11.3 Å². The number of nitrogens with one attached hydrogen (secondary N) is 1. The van der Waals surface area contributed by atoms with Crippen molar-refractivity contribution in [2.75, 3.05) is 11.1 Å². The van der Waals surface area contributed by atoms with Gasteiger partial charge >= 0.3 is 0 Å². The molecule has 5 nitrogen and oxygen atoms in total. The van der Waals surface area contributed by atoms with Crippen molar-refractivity contribution in [3.05, 3.63) is 71.9 Å². The highest BCUT2D eigenvalue weighted by Crippen LogP contribution is 2.34. The molecule has 136 valence electrons. The second-order valence-electron chi connectivity index (χ2n) is 6.05. The molecule has 0 bridgehead atoms. The van der Waals surface area contributed by atoms with E-state index in [1.165, 1.54) is 17.3 Å². The summed E-state index contributed by atoms with van der Waals surface area (Å²) in [4.78, 5) is 17.1. The van der Waals surface area contributed by atoms with Gasteiger partial charge in [-0.05, 0) is 30.7 Å². The summed E-state index contributed by atoms with van der Waals surface area (Å²) in [6.45, 7) is 1.91. The lowest BCUT2D eigenvalue weighted by Gasteiger charge is -2.14. The predicted molar refractivity (Wildman–Crippen MR) is 114 cm³/mol. The number of hydrogen-bond acceptors (Lipinski definition) is 5. The first-order valence-corrected chi connectivity index (χ1v) is 10.5. The van der Waals surface area contributed by atoms with Gasteiger partial charge in [-0.15, -0.1) is 0 Å². The van der Waals surface area contributed by atoms with Gasteiger partial charge in [-0.25, -0.2) is 9.67 Å². The van der Waals surface area contributed by atoms with Crippen LogP contribution in [0.3, 0.4) is 0 Å². The van der Waals surface area contributed by atoms with Gasteiger partial charge in [0.2, 0.25) is 5.91 Å². The van der Waals surface area contributed by atoms with Crippen molar-refractivity contribution in [3.8, 4) is 5.69 Å². The van der Waals surface area contributed by atoms with Gasteiger partial charge in [0.25, 0.3) is 0 Å². The lowest BCUT2D eigenvalue weighted by molar-refractivity contribution is -0.113. The van der Waals surface area contributed by atoms with E-state index >= 15 is 0 Å². The summed E-state index contributed by atoms with van der Waals surface area (Å²) in [6.07, 6.45) is 0. The molecular formula is C20H18N4OS2. The lowest BCUT2D eigenvalue weighted by Crippen LogP contribution is -2.17. The van der Waals surface area contributed by atoms with E-state index in [0.717, 1.165) is 27.2 Å². The summed E-state index contributed by atoms with van der Waals surface area (Å²) in [5.41, 5.74) is 4.00. The van der Waals surface area contributed by atoms with Gasteiger partial charge < -0.3 is 5.32 Å². The number of aromatic nitrogens is 2. The zero-order valence-corrected chi connectivity index (χ0v) is 16.4. The Morgan fingerprint density at radius 1 is 1.19 bits per heavy atom. The first-order chi connectivity index (χ1) is 13.2. The molecule has 1 aliphatic rings. The molecule has 0 atom stereocenters. The minimum Gasteiger partial charge on any atom is -0.310 e. The molecule has 0 radical (unpaired) electrons. The first-order valence-electron chi connectivity index (χ1n) is 8.53. The molecule has 1 aliphatic heterocycles. The number of thioether (sulfide) groups is 2. The monoisotopic (exact) mass is 394 g/mol. The fourth-order valence-corrected chi connectivity index (χ4v) is 4.61. The summed E-state index contributed by atoms with van der Waals surface area (Å²) in [5.74, 6) is 1.81. The number of para-hydroxylation sites is 2. The second-order valence-corrected chi connectivity index (χ2v) is 8.24. The highest BCUT2D eigenvalue weighted by molar-refractivity contribution is 8.38. The Kier molecular flexibility index (Phi) is 5.31. The van der Waals surface area contributed by atoms with Crippen LogP contribution in [0.4, 0.5) is 11.5 Å². The molecule has 1 aromatic heterocycles. The van der Waals surface area contributed by atoms with Crippen LogP contribution in [0.2, 0.25) is 0 Å². The Morgan fingerprint density at radius 2 is 1.96 bits per heavy atom. The van der Waals surface area contributed by atoms with Crippen LogP contribution in [0.25, 0.3) is 5.69 Å². The van der Waals surface area contributed by atoms with Crippen molar-refractivity contribution in [1.82, 2.24) is 9.78 Å². The summed E-state index contributed by atoms with van der Waals surface area (Å²) in [7, 11) is 0. The quantitative estimate of drug-likeness (QED) is 0.691. The van der Waals surface area contributed by atoms with Crippen LogP contribution in [0.5, 0.6) is 0 Å². The fourth-order valence-electron chi connectivity index (χ4n) is 2.75. The maximum Gasteiger partial charge on any atom is 0.235 e. The third-order valence-corrected chi connectivity index (χ3v) is 6.23. The molecule has 1 N–H and O–H groups in total. The van der Waals surface area contributed by atoms with Gasteiger partial charge in [0.05, 0.1) is 22.8 Å². The number of fused-ring (bicyclic) bond motifs is 1. The Labute approximate surface area is 166 Å². The van der Waals surface area contributed by atoms with Gasteiger partial charge in [0, 0.05) is 11.8 Å². The summed E-state index contributed by atoms with van der Waals surface area (Å²) < 4.78 is 2.68. The van der Waals surface area contributed by atoms with E-state index in [0.29, 0.717) is 11.6 Å². The number of nitrogens with zero attached hydrogens (tertiary/aromatic N) is 3. The molecule has 1 amide bonds.